The number of halogens is 2. The molecule has 3 aromatic heterocycles. The number of nitrogens with zero attached hydrogens (tertiary/aromatic N) is 7. The van der Waals surface area contributed by atoms with Gasteiger partial charge in [0.25, 0.3) is 0 Å². The summed E-state index contributed by atoms with van der Waals surface area (Å²) in [5, 5.41) is 3.04. The van der Waals surface area contributed by atoms with Crippen LogP contribution >= 0.6 is 0 Å². The molecular formula is C28H35F2N9. The molecule has 1 saturated heterocycles. The van der Waals surface area contributed by atoms with E-state index in [4.69, 9.17) is 5.73 Å². The summed E-state index contributed by atoms with van der Waals surface area (Å²) in [5.74, 6) is 0.248. The molecule has 1 aliphatic rings. The van der Waals surface area contributed by atoms with Crippen molar-refractivity contribution in [2.75, 3.05) is 44.6 Å². The molecule has 0 bridgehead atoms. The van der Waals surface area contributed by atoms with Gasteiger partial charge in [-0.15, -0.1) is 0 Å². The molecule has 39 heavy (non-hydrogen) atoms. The van der Waals surface area contributed by atoms with E-state index in [9.17, 15) is 8.78 Å². The van der Waals surface area contributed by atoms with E-state index in [0.717, 1.165) is 64.0 Å². The fourth-order valence-electron chi connectivity index (χ4n) is 5.14. The minimum atomic E-state index is -0.641. The monoisotopic (exact) mass is 535 g/mol. The van der Waals surface area contributed by atoms with Crippen LogP contribution in [0, 0.1) is 18.6 Å². The van der Waals surface area contributed by atoms with E-state index in [0.29, 0.717) is 22.7 Å². The molecule has 1 aliphatic heterocycles. The normalized spacial score (nSPS) is 14.9. The van der Waals surface area contributed by atoms with E-state index in [2.05, 4.69) is 35.1 Å². The lowest BCUT2D eigenvalue weighted by Crippen LogP contribution is -2.46. The largest absolute Gasteiger partial charge is 0.330 e. The van der Waals surface area contributed by atoms with E-state index in [1.54, 1.807) is 6.07 Å². The molecule has 0 radical (unpaired) electrons. The van der Waals surface area contributed by atoms with Crippen molar-refractivity contribution in [2.45, 2.75) is 39.8 Å². The number of pyridine rings is 1. The van der Waals surface area contributed by atoms with Crippen LogP contribution in [0.1, 0.15) is 37.7 Å². The topological polar surface area (TPSA) is 101 Å². The quantitative estimate of drug-likeness (QED) is 0.328. The van der Waals surface area contributed by atoms with E-state index in [-0.39, 0.29) is 23.2 Å². The average Bonchev–Trinajstić information content (AvgIpc) is 3.27. The van der Waals surface area contributed by atoms with Gasteiger partial charge in [0.15, 0.2) is 11.6 Å². The van der Waals surface area contributed by atoms with Crippen molar-refractivity contribution in [2.24, 2.45) is 5.73 Å². The Labute approximate surface area is 227 Å². The number of aryl methyl sites for hydroxylation is 1. The molecule has 1 aromatic carbocycles. The Morgan fingerprint density at radius 3 is 2.44 bits per heavy atom. The van der Waals surface area contributed by atoms with Crippen molar-refractivity contribution < 1.29 is 8.78 Å². The number of anilines is 2. The van der Waals surface area contributed by atoms with Gasteiger partial charge in [-0.3, -0.25) is 4.90 Å². The highest BCUT2D eigenvalue weighted by molar-refractivity contribution is 5.83. The zero-order chi connectivity index (χ0) is 27.5. The molecule has 0 amide bonds. The predicted molar refractivity (Wildman–Crippen MR) is 149 cm³/mol. The second kappa shape index (κ2) is 11.7. The minimum Gasteiger partial charge on any atom is -0.330 e. The average molecular weight is 536 g/mol. The smallest absolute Gasteiger partial charge is 0.229 e. The number of fused-ring (bicyclic) bond motifs is 1. The van der Waals surface area contributed by atoms with Crippen molar-refractivity contribution in [3.05, 3.63) is 59.7 Å². The van der Waals surface area contributed by atoms with E-state index < -0.39 is 11.6 Å². The number of hydrogen-bond acceptors (Lipinski definition) is 8. The van der Waals surface area contributed by atoms with E-state index in [1.807, 2.05) is 43.7 Å². The molecular weight excluding hydrogens is 500 g/mol. The number of rotatable bonds is 9. The fourth-order valence-corrected chi connectivity index (χ4v) is 5.14. The second-order valence-corrected chi connectivity index (χ2v) is 10.3. The molecule has 0 atom stereocenters. The van der Waals surface area contributed by atoms with Crippen molar-refractivity contribution >= 4 is 22.8 Å². The third-order valence-electron chi connectivity index (χ3n) is 7.07. The van der Waals surface area contributed by atoms with Gasteiger partial charge in [-0.2, -0.15) is 0 Å². The van der Waals surface area contributed by atoms with Crippen LogP contribution in [0.25, 0.3) is 22.3 Å². The van der Waals surface area contributed by atoms with Crippen LogP contribution in [-0.2, 0) is 6.54 Å². The van der Waals surface area contributed by atoms with E-state index in [1.165, 1.54) is 6.07 Å². The van der Waals surface area contributed by atoms with Gasteiger partial charge in [0.1, 0.15) is 22.9 Å². The molecule has 0 unspecified atom stereocenters. The summed E-state index contributed by atoms with van der Waals surface area (Å²) in [7, 11) is 0. The maximum atomic E-state index is 15.0. The molecule has 5 rings (SSSR count). The first kappa shape index (κ1) is 27.0. The van der Waals surface area contributed by atoms with Crippen LogP contribution in [0.2, 0.25) is 0 Å². The summed E-state index contributed by atoms with van der Waals surface area (Å²) < 4.78 is 31.7. The van der Waals surface area contributed by atoms with Gasteiger partial charge < -0.3 is 20.5 Å². The predicted octanol–water partition coefficient (Wildman–Crippen LogP) is 4.27. The Balaban J connectivity index is 1.29. The summed E-state index contributed by atoms with van der Waals surface area (Å²) in [5.41, 5.74) is 7.91. The van der Waals surface area contributed by atoms with Crippen LogP contribution in [0.15, 0.2) is 36.7 Å². The Morgan fingerprint density at radius 1 is 0.974 bits per heavy atom. The molecule has 9 nitrogen and oxygen atoms in total. The van der Waals surface area contributed by atoms with Crippen LogP contribution in [0.5, 0.6) is 0 Å². The summed E-state index contributed by atoms with van der Waals surface area (Å²) in [6.07, 6.45) is 3.94. The standard InChI is InChI=1S/C28H35F2N9/c1-18(2)39-19(3)34-27-22(29)13-21(14-24(27)39)26-23(30)16-33-28(36-26)35-25-6-5-20(15-32-25)17-38-11-9-37(10-12-38)8-4-7-31/h5-6,13-16,18H,4,7-12,17,31H2,1-3H3,(H,32,33,35,36). The fraction of sp³-hybridized carbons (Fsp3) is 0.429. The first-order valence-electron chi connectivity index (χ1n) is 13.4. The number of imidazole rings is 1. The molecule has 0 saturated carbocycles. The van der Waals surface area contributed by atoms with Gasteiger partial charge in [-0.05, 0) is 64.0 Å². The number of nitrogens with two attached hydrogens (primary N) is 1. The van der Waals surface area contributed by atoms with Gasteiger partial charge in [-0.25, -0.2) is 28.7 Å². The SMILES string of the molecule is Cc1nc2c(F)cc(-c3nc(Nc4ccc(CN5CCN(CCCN)CC5)cn4)ncc3F)cc2n1C(C)C. The van der Waals surface area contributed by atoms with Gasteiger partial charge in [-0.1, -0.05) is 6.07 Å². The Bertz CT molecular complexity index is 1430. The highest BCUT2D eigenvalue weighted by Gasteiger charge is 2.19. The van der Waals surface area contributed by atoms with Crippen molar-refractivity contribution in [3.63, 3.8) is 0 Å². The van der Waals surface area contributed by atoms with Crippen molar-refractivity contribution in [1.82, 2.24) is 34.3 Å². The lowest BCUT2D eigenvalue weighted by atomic mass is 10.1. The number of piperazine rings is 1. The lowest BCUT2D eigenvalue weighted by molar-refractivity contribution is 0.126. The van der Waals surface area contributed by atoms with Gasteiger partial charge in [0.05, 0.1) is 11.7 Å². The van der Waals surface area contributed by atoms with Gasteiger partial charge >= 0.3 is 0 Å². The maximum absolute atomic E-state index is 15.0. The number of hydrogen-bond donors (Lipinski definition) is 2. The number of aromatic nitrogens is 5. The van der Waals surface area contributed by atoms with Crippen LogP contribution in [0.4, 0.5) is 20.5 Å². The van der Waals surface area contributed by atoms with E-state index >= 15 is 0 Å². The highest BCUT2D eigenvalue weighted by Crippen LogP contribution is 2.30. The van der Waals surface area contributed by atoms with Crippen LogP contribution in [0.3, 0.4) is 0 Å². The van der Waals surface area contributed by atoms with Gasteiger partial charge in [0, 0.05) is 50.5 Å². The molecule has 0 spiro atoms. The zero-order valence-electron chi connectivity index (χ0n) is 22.7. The molecule has 11 heteroatoms. The minimum absolute atomic E-state index is 0.00434. The number of benzene rings is 1. The third kappa shape index (κ3) is 6.05. The number of nitrogens with one attached hydrogen (secondary N) is 1. The van der Waals surface area contributed by atoms with Crippen molar-refractivity contribution in [3.8, 4) is 11.3 Å². The molecule has 1 fully saturated rings. The lowest BCUT2D eigenvalue weighted by Gasteiger charge is -2.34. The first-order valence-corrected chi connectivity index (χ1v) is 13.4. The van der Waals surface area contributed by atoms with Gasteiger partial charge in [0.2, 0.25) is 5.95 Å². The molecule has 4 aromatic rings. The molecule has 3 N–H and O–H groups in total. The Kier molecular flexibility index (Phi) is 8.10. The second-order valence-electron chi connectivity index (χ2n) is 10.3. The molecule has 206 valence electrons. The molecule has 4 heterocycles. The van der Waals surface area contributed by atoms with Crippen molar-refractivity contribution in [1.29, 1.82) is 0 Å². The van der Waals surface area contributed by atoms with Crippen LogP contribution < -0.4 is 11.1 Å². The van der Waals surface area contributed by atoms with Crippen LogP contribution in [-0.4, -0.2) is 73.6 Å². The summed E-state index contributed by atoms with van der Waals surface area (Å²) >= 11 is 0. The Hall–Kier alpha value is -3.54. The third-order valence-corrected chi connectivity index (χ3v) is 7.07. The highest BCUT2D eigenvalue weighted by atomic mass is 19.1. The maximum Gasteiger partial charge on any atom is 0.229 e. The summed E-state index contributed by atoms with van der Waals surface area (Å²) in [4.78, 5) is 22.2. The summed E-state index contributed by atoms with van der Waals surface area (Å²) in [6, 6.07) is 6.92. The first-order chi connectivity index (χ1) is 18.8. The summed E-state index contributed by atoms with van der Waals surface area (Å²) in [6.45, 7) is 12.6. The Morgan fingerprint density at radius 2 is 1.74 bits per heavy atom. The molecule has 0 aliphatic carbocycles. The zero-order valence-corrected chi connectivity index (χ0v) is 22.7.